The minimum atomic E-state index is 0.887. The van der Waals surface area contributed by atoms with Crippen LogP contribution >= 0.6 is 34.1 Å². The van der Waals surface area contributed by atoms with Crippen LogP contribution in [0.15, 0.2) is 0 Å². The highest BCUT2D eigenvalue weighted by Gasteiger charge is 2.15. The Bertz CT molecular complexity index is 268. The van der Waals surface area contributed by atoms with Crippen LogP contribution in [0.4, 0.5) is 0 Å². The molecule has 13 heavy (non-hydrogen) atoms. The average molecular weight is 308 g/mol. The summed E-state index contributed by atoms with van der Waals surface area (Å²) in [7, 11) is 0. The van der Waals surface area contributed by atoms with E-state index >= 15 is 0 Å². The van der Waals surface area contributed by atoms with Gasteiger partial charge in [-0.3, -0.25) is 0 Å². The highest BCUT2D eigenvalue weighted by atomic mass is 127. The van der Waals surface area contributed by atoms with E-state index in [2.05, 4.69) is 31.9 Å². The summed E-state index contributed by atoms with van der Waals surface area (Å²) in [6, 6.07) is 0. The highest BCUT2D eigenvalue weighted by Crippen LogP contribution is 2.27. The summed E-state index contributed by atoms with van der Waals surface area (Å²) in [6.45, 7) is 0. The Morgan fingerprint density at radius 2 is 2.08 bits per heavy atom. The highest BCUT2D eigenvalue weighted by molar-refractivity contribution is 14.1. The van der Waals surface area contributed by atoms with Crippen molar-refractivity contribution < 1.29 is 0 Å². The van der Waals surface area contributed by atoms with E-state index in [1.807, 2.05) is 0 Å². The molecule has 1 aliphatic rings. The van der Waals surface area contributed by atoms with Gasteiger partial charge in [0, 0.05) is 29.0 Å². The molecule has 0 atom stereocenters. The predicted octanol–water partition coefficient (Wildman–Crippen LogP) is 3.27. The quantitative estimate of drug-likeness (QED) is 0.784. The molecule has 1 fully saturated rings. The summed E-state index contributed by atoms with van der Waals surface area (Å²) >= 11 is 3.76. The van der Waals surface area contributed by atoms with Gasteiger partial charge in [0.15, 0.2) is 0 Å². The first-order chi connectivity index (χ1) is 6.34. The maximum atomic E-state index is 4.40. The van der Waals surface area contributed by atoms with Gasteiger partial charge in [0.1, 0.15) is 5.01 Å². The van der Waals surface area contributed by atoms with Crippen molar-refractivity contribution in [2.75, 3.05) is 0 Å². The number of aromatic nitrogens is 2. The summed E-state index contributed by atoms with van der Waals surface area (Å²) < 4.78 is 5.11. The van der Waals surface area contributed by atoms with E-state index in [0.717, 1.165) is 9.75 Å². The first-order valence-electron chi connectivity index (χ1n) is 4.82. The largest absolute Gasteiger partial charge is 0.215 e. The van der Waals surface area contributed by atoms with Crippen molar-refractivity contribution in [2.45, 2.75) is 38.5 Å². The maximum absolute atomic E-state index is 4.40. The Kier molecular flexibility index (Phi) is 3.54. The van der Waals surface area contributed by atoms with Gasteiger partial charge in [-0.2, -0.15) is 4.37 Å². The average Bonchev–Trinajstić information content (AvgIpc) is 2.53. The Morgan fingerprint density at radius 1 is 1.31 bits per heavy atom. The van der Waals surface area contributed by atoms with E-state index < -0.39 is 0 Å². The lowest BCUT2D eigenvalue weighted by Crippen LogP contribution is -2.08. The second-order valence-corrected chi connectivity index (χ2v) is 5.47. The van der Waals surface area contributed by atoms with Crippen LogP contribution in [-0.2, 0) is 6.42 Å². The molecule has 1 saturated carbocycles. The first kappa shape index (κ1) is 9.83. The fraction of sp³-hybridized carbons (Fsp3) is 0.778. The molecule has 1 aliphatic carbocycles. The second kappa shape index (κ2) is 4.68. The van der Waals surface area contributed by atoms with E-state index in [-0.39, 0.29) is 0 Å². The lowest BCUT2D eigenvalue weighted by Gasteiger charge is -2.19. The summed E-state index contributed by atoms with van der Waals surface area (Å²) in [4.78, 5) is 4.40. The topological polar surface area (TPSA) is 25.8 Å². The van der Waals surface area contributed by atoms with Gasteiger partial charge >= 0.3 is 0 Å². The van der Waals surface area contributed by atoms with Gasteiger partial charge in [-0.15, -0.1) is 0 Å². The second-order valence-electron chi connectivity index (χ2n) is 3.67. The van der Waals surface area contributed by atoms with E-state index in [0.29, 0.717) is 0 Å². The van der Waals surface area contributed by atoms with Gasteiger partial charge < -0.3 is 0 Å². The Hall–Kier alpha value is 0.290. The van der Waals surface area contributed by atoms with Gasteiger partial charge in [-0.25, -0.2) is 4.98 Å². The molecule has 0 aliphatic heterocycles. The smallest absolute Gasteiger partial charge is 0.203 e. The molecule has 2 rings (SSSR count). The number of halogens is 1. The van der Waals surface area contributed by atoms with Crippen molar-refractivity contribution in [1.29, 1.82) is 0 Å². The monoisotopic (exact) mass is 308 g/mol. The predicted molar refractivity (Wildman–Crippen MR) is 62.9 cm³/mol. The maximum Gasteiger partial charge on any atom is 0.203 e. The van der Waals surface area contributed by atoms with Crippen molar-refractivity contribution in [1.82, 2.24) is 9.36 Å². The molecule has 0 spiro atoms. The zero-order chi connectivity index (χ0) is 9.10. The molecule has 1 aromatic rings. The fourth-order valence-electron chi connectivity index (χ4n) is 1.96. The van der Waals surface area contributed by atoms with Gasteiger partial charge in [0.05, 0.1) is 0 Å². The standard InChI is InChI=1S/C9H13IN2S/c10-9-11-8(13-12-9)6-7-4-2-1-3-5-7/h7H,1-6H2. The number of rotatable bonds is 2. The van der Waals surface area contributed by atoms with Crippen LogP contribution in [0, 0.1) is 9.75 Å². The molecule has 0 amide bonds. The summed E-state index contributed by atoms with van der Waals surface area (Å²) in [5.74, 6) is 0.887. The Morgan fingerprint density at radius 3 is 2.69 bits per heavy atom. The van der Waals surface area contributed by atoms with Gasteiger partial charge in [0.25, 0.3) is 0 Å². The molecular weight excluding hydrogens is 295 g/mol. The molecular formula is C9H13IN2S. The third kappa shape index (κ3) is 2.87. The molecule has 0 bridgehead atoms. The summed E-state index contributed by atoms with van der Waals surface area (Å²) in [5.41, 5.74) is 0. The minimum absolute atomic E-state index is 0.887. The third-order valence-corrected chi connectivity index (χ3v) is 4.17. The van der Waals surface area contributed by atoms with E-state index in [1.54, 1.807) is 11.5 Å². The lowest BCUT2D eigenvalue weighted by molar-refractivity contribution is 0.356. The van der Waals surface area contributed by atoms with Gasteiger partial charge in [-0.1, -0.05) is 32.1 Å². The lowest BCUT2D eigenvalue weighted by atomic mass is 9.87. The van der Waals surface area contributed by atoms with Crippen LogP contribution in [0.25, 0.3) is 0 Å². The van der Waals surface area contributed by atoms with Crippen molar-refractivity contribution >= 4 is 34.1 Å². The fourth-order valence-corrected chi connectivity index (χ4v) is 3.36. The van der Waals surface area contributed by atoms with E-state index in [4.69, 9.17) is 0 Å². The molecule has 0 unspecified atom stereocenters. The molecule has 72 valence electrons. The van der Waals surface area contributed by atoms with Crippen molar-refractivity contribution in [2.24, 2.45) is 5.92 Å². The first-order valence-corrected chi connectivity index (χ1v) is 6.68. The zero-order valence-corrected chi connectivity index (χ0v) is 10.5. The molecule has 0 radical (unpaired) electrons. The van der Waals surface area contributed by atoms with Crippen LogP contribution in [0.1, 0.15) is 37.1 Å². The van der Waals surface area contributed by atoms with Crippen molar-refractivity contribution in [3.8, 4) is 0 Å². The molecule has 0 saturated heterocycles. The molecule has 0 aromatic carbocycles. The summed E-state index contributed by atoms with van der Waals surface area (Å²) in [6.07, 6.45) is 8.23. The van der Waals surface area contributed by atoms with E-state index in [9.17, 15) is 0 Å². The van der Waals surface area contributed by atoms with Gasteiger partial charge in [0.2, 0.25) is 3.83 Å². The molecule has 1 heterocycles. The van der Waals surface area contributed by atoms with Gasteiger partial charge in [-0.05, 0) is 17.5 Å². The SMILES string of the molecule is Ic1nsc(CC2CCCCC2)n1. The van der Waals surface area contributed by atoms with Crippen LogP contribution < -0.4 is 0 Å². The summed E-state index contributed by atoms with van der Waals surface area (Å²) in [5, 5.41) is 1.23. The van der Waals surface area contributed by atoms with Crippen LogP contribution in [-0.4, -0.2) is 9.36 Å². The molecule has 0 N–H and O–H groups in total. The minimum Gasteiger partial charge on any atom is -0.215 e. The molecule has 4 heteroatoms. The number of hydrogen-bond acceptors (Lipinski definition) is 3. The van der Waals surface area contributed by atoms with Crippen LogP contribution in [0.3, 0.4) is 0 Å². The number of nitrogens with zero attached hydrogens (tertiary/aromatic N) is 2. The van der Waals surface area contributed by atoms with Crippen LogP contribution in [0.2, 0.25) is 0 Å². The van der Waals surface area contributed by atoms with Crippen molar-refractivity contribution in [3.63, 3.8) is 0 Å². The normalized spacial score (nSPS) is 19.2. The zero-order valence-electron chi connectivity index (χ0n) is 7.50. The van der Waals surface area contributed by atoms with Crippen LogP contribution in [0.5, 0.6) is 0 Å². The Balaban J connectivity index is 1.89. The molecule has 1 aromatic heterocycles. The van der Waals surface area contributed by atoms with E-state index in [1.165, 1.54) is 43.5 Å². The Labute approximate surface area is 96.5 Å². The van der Waals surface area contributed by atoms with Crippen molar-refractivity contribution in [3.05, 3.63) is 8.84 Å². The molecule has 2 nitrogen and oxygen atoms in total. The third-order valence-electron chi connectivity index (χ3n) is 2.63. The number of hydrogen-bond donors (Lipinski definition) is 0.